The lowest BCUT2D eigenvalue weighted by atomic mass is 10.2. The van der Waals surface area contributed by atoms with E-state index in [1.807, 2.05) is 18.2 Å². The third-order valence-electron chi connectivity index (χ3n) is 3.54. The summed E-state index contributed by atoms with van der Waals surface area (Å²) in [6.07, 6.45) is 0. The molecule has 4 rings (SSSR count). The maximum absolute atomic E-state index is 13.0. The summed E-state index contributed by atoms with van der Waals surface area (Å²) in [5.41, 5.74) is 1.57. The molecule has 0 unspecified atom stereocenters. The highest BCUT2D eigenvalue weighted by molar-refractivity contribution is 7.22. The Morgan fingerprint density at radius 1 is 1.16 bits per heavy atom. The molecule has 0 atom stereocenters. The number of methoxy groups -OCH3 is 1. The average molecular weight is 356 g/mol. The highest BCUT2D eigenvalue weighted by Crippen LogP contribution is 2.29. The van der Waals surface area contributed by atoms with Crippen LogP contribution in [0.4, 0.5) is 9.52 Å². The van der Waals surface area contributed by atoms with Gasteiger partial charge in [0.15, 0.2) is 5.13 Å². The molecule has 0 aliphatic rings. The quantitative estimate of drug-likeness (QED) is 0.580. The lowest BCUT2D eigenvalue weighted by molar-refractivity contribution is 0.415. The topological polar surface area (TPSA) is 73.1 Å². The molecule has 4 aromatic rings. The van der Waals surface area contributed by atoms with Crippen molar-refractivity contribution in [3.05, 3.63) is 54.2 Å². The summed E-state index contributed by atoms with van der Waals surface area (Å²) in [4.78, 5) is 4.50. The second kappa shape index (κ2) is 6.48. The summed E-state index contributed by atoms with van der Waals surface area (Å²) in [5, 5.41) is 11.9. The molecule has 25 heavy (non-hydrogen) atoms. The minimum Gasteiger partial charge on any atom is -0.497 e. The van der Waals surface area contributed by atoms with Crippen LogP contribution in [0.3, 0.4) is 0 Å². The summed E-state index contributed by atoms with van der Waals surface area (Å²) >= 11 is 1.52. The predicted octanol–water partition coefficient (Wildman–Crippen LogP) is 4.11. The van der Waals surface area contributed by atoms with E-state index >= 15 is 0 Å². The molecule has 0 radical (unpaired) electrons. The van der Waals surface area contributed by atoms with Crippen molar-refractivity contribution in [3.8, 4) is 17.2 Å². The first-order valence-electron chi connectivity index (χ1n) is 7.48. The second-order valence-corrected chi connectivity index (χ2v) is 6.24. The number of nitrogens with one attached hydrogen (secondary N) is 1. The van der Waals surface area contributed by atoms with Crippen LogP contribution >= 0.6 is 11.3 Å². The number of ether oxygens (including phenoxy) is 1. The Morgan fingerprint density at radius 3 is 2.80 bits per heavy atom. The second-order valence-electron chi connectivity index (χ2n) is 5.21. The zero-order chi connectivity index (χ0) is 17.2. The molecular formula is C17H13FN4O2S. The molecule has 2 aromatic carbocycles. The first-order valence-corrected chi connectivity index (χ1v) is 8.30. The standard InChI is InChI=1S/C17H13FN4O2S/c1-23-12-6-7-13-14(8-12)25-17(20-13)19-9-15-21-22-16(24-15)10-2-4-11(18)5-3-10/h2-8H,9H2,1H3,(H,19,20). The number of hydrogen-bond acceptors (Lipinski definition) is 7. The summed E-state index contributed by atoms with van der Waals surface area (Å²) < 4.78 is 24.8. The van der Waals surface area contributed by atoms with Crippen LogP contribution in [0.25, 0.3) is 21.7 Å². The summed E-state index contributed by atoms with van der Waals surface area (Å²) in [5.74, 6) is 1.27. The van der Waals surface area contributed by atoms with E-state index in [9.17, 15) is 4.39 Å². The molecule has 6 nitrogen and oxygen atoms in total. The van der Waals surface area contributed by atoms with Crippen LogP contribution in [0.15, 0.2) is 46.9 Å². The minimum atomic E-state index is -0.308. The third-order valence-corrected chi connectivity index (χ3v) is 4.52. The lowest BCUT2D eigenvalue weighted by Gasteiger charge is -1.97. The number of halogens is 1. The largest absolute Gasteiger partial charge is 0.497 e. The Kier molecular flexibility index (Phi) is 4.02. The summed E-state index contributed by atoms with van der Waals surface area (Å²) in [6.45, 7) is 0.352. The molecule has 1 N–H and O–H groups in total. The third kappa shape index (κ3) is 3.29. The van der Waals surface area contributed by atoms with Crippen molar-refractivity contribution in [1.82, 2.24) is 15.2 Å². The molecule has 8 heteroatoms. The Labute approximate surface area is 146 Å². The van der Waals surface area contributed by atoms with Gasteiger partial charge in [0.1, 0.15) is 11.6 Å². The van der Waals surface area contributed by atoms with Gasteiger partial charge in [-0.05, 0) is 42.5 Å². The minimum absolute atomic E-state index is 0.308. The van der Waals surface area contributed by atoms with Crippen LogP contribution in [-0.4, -0.2) is 22.3 Å². The summed E-state index contributed by atoms with van der Waals surface area (Å²) in [7, 11) is 1.63. The van der Waals surface area contributed by atoms with E-state index in [0.717, 1.165) is 21.1 Å². The Bertz CT molecular complexity index is 1010. The maximum Gasteiger partial charge on any atom is 0.247 e. The van der Waals surface area contributed by atoms with Crippen LogP contribution in [0, 0.1) is 5.82 Å². The van der Waals surface area contributed by atoms with Crippen molar-refractivity contribution < 1.29 is 13.5 Å². The molecule has 0 aliphatic carbocycles. The van der Waals surface area contributed by atoms with Gasteiger partial charge in [0.05, 0.1) is 23.9 Å². The molecule has 2 aromatic heterocycles. The SMILES string of the molecule is COc1ccc2nc(NCc3nnc(-c4ccc(F)cc4)o3)sc2c1. The van der Waals surface area contributed by atoms with Gasteiger partial charge in [-0.1, -0.05) is 11.3 Å². The zero-order valence-electron chi connectivity index (χ0n) is 13.2. The first-order chi connectivity index (χ1) is 12.2. The van der Waals surface area contributed by atoms with Crippen molar-refractivity contribution in [1.29, 1.82) is 0 Å². The molecule has 0 amide bonds. The first kappa shape index (κ1) is 15.5. The van der Waals surface area contributed by atoms with Crippen molar-refractivity contribution in [2.75, 3.05) is 12.4 Å². The number of hydrogen-bond donors (Lipinski definition) is 1. The van der Waals surface area contributed by atoms with Gasteiger partial charge < -0.3 is 14.5 Å². The molecular weight excluding hydrogens is 343 g/mol. The van der Waals surface area contributed by atoms with Gasteiger partial charge in [-0.2, -0.15) is 0 Å². The summed E-state index contributed by atoms with van der Waals surface area (Å²) in [6, 6.07) is 11.6. The van der Waals surface area contributed by atoms with Gasteiger partial charge >= 0.3 is 0 Å². The van der Waals surface area contributed by atoms with E-state index in [1.165, 1.54) is 23.5 Å². The van der Waals surface area contributed by atoms with Crippen molar-refractivity contribution in [3.63, 3.8) is 0 Å². The van der Waals surface area contributed by atoms with E-state index in [4.69, 9.17) is 9.15 Å². The Hall–Kier alpha value is -3.00. The molecule has 0 saturated heterocycles. The monoisotopic (exact) mass is 356 g/mol. The number of aromatic nitrogens is 3. The van der Waals surface area contributed by atoms with E-state index in [0.29, 0.717) is 23.9 Å². The molecule has 0 spiro atoms. The molecule has 0 aliphatic heterocycles. The van der Waals surface area contributed by atoms with Gasteiger partial charge in [0.2, 0.25) is 11.8 Å². The zero-order valence-corrected chi connectivity index (χ0v) is 14.0. The van der Waals surface area contributed by atoms with Crippen molar-refractivity contribution >= 4 is 26.7 Å². The molecule has 2 heterocycles. The van der Waals surface area contributed by atoms with E-state index < -0.39 is 0 Å². The number of fused-ring (bicyclic) bond motifs is 1. The number of benzene rings is 2. The van der Waals surface area contributed by atoms with Crippen LogP contribution in [0.1, 0.15) is 5.89 Å². The fourth-order valence-corrected chi connectivity index (χ4v) is 3.18. The van der Waals surface area contributed by atoms with E-state index in [-0.39, 0.29) is 5.82 Å². The molecule has 0 bridgehead atoms. The Balaban J connectivity index is 1.47. The molecule has 0 fully saturated rings. The highest BCUT2D eigenvalue weighted by Gasteiger charge is 2.10. The molecule has 126 valence electrons. The van der Waals surface area contributed by atoms with Crippen LogP contribution < -0.4 is 10.1 Å². The number of rotatable bonds is 5. The highest BCUT2D eigenvalue weighted by atomic mass is 32.1. The number of thiazole rings is 1. The van der Waals surface area contributed by atoms with Crippen LogP contribution in [0.2, 0.25) is 0 Å². The average Bonchev–Trinajstić information content (AvgIpc) is 3.26. The van der Waals surface area contributed by atoms with Crippen molar-refractivity contribution in [2.24, 2.45) is 0 Å². The van der Waals surface area contributed by atoms with E-state index in [2.05, 4.69) is 20.5 Å². The van der Waals surface area contributed by atoms with Crippen LogP contribution in [0.5, 0.6) is 5.75 Å². The smallest absolute Gasteiger partial charge is 0.247 e. The molecule has 0 saturated carbocycles. The van der Waals surface area contributed by atoms with Gasteiger partial charge in [-0.25, -0.2) is 9.37 Å². The van der Waals surface area contributed by atoms with Gasteiger partial charge in [-0.3, -0.25) is 0 Å². The maximum atomic E-state index is 13.0. The fraction of sp³-hybridized carbons (Fsp3) is 0.118. The lowest BCUT2D eigenvalue weighted by Crippen LogP contribution is -1.98. The number of anilines is 1. The van der Waals surface area contributed by atoms with Gasteiger partial charge in [0.25, 0.3) is 0 Å². The Morgan fingerprint density at radius 2 is 2.00 bits per heavy atom. The van der Waals surface area contributed by atoms with Crippen molar-refractivity contribution in [2.45, 2.75) is 6.54 Å². The normalized spacial score (nSPS) is 11.0. The van der Waals surface area contributed by atoms with E-state index in [1.54, 1.807) is 19.2 Å². The van der Waals surface area contributed by atoms with Gasteiger partial charge in [0, 0.05) is 5.56 Å². The van der Waals surface area contributed by atoms with Crippen LogP contribution in [-0.2, 0) is 6.54 Å². The predicted molar refractivity (Wildman–Crippen MR) is 93.2 cm³/mol. The number of nitrogens with zero attached hydrogens (tertiary/aromatic N) is 3. The fourth-order valence-electron chi connectivity index (χ4n) is 2.29. The van der Waals surface area contributed by atoms with Gasteiger partial charge in [-0.15, -0.1) is 10.2 Å².